The summed E-state index contributed by atoms with van der Waals surface area (Å²) in [5.74, 6) is 1.41. The van der Waals surface area contributed by atoms with Crippen molar-refractivity contribution < 1.29 is 14.2 Å². The zero-order chi connectivity index (χ0) is 24.8. The van der Waals surface area contributed by atoms with Gasteiger partial charge in [-0.25, -0.2) is 0 Å². The molecule has 0 saturated carbocycles. The quantitative estimate of drug-likeness (QED) is 0.435. The van der Waals surface area contributed by atoms with Crippen LogP contribution in [0.3, 0.4) is 0 Å². The minimum atomic E-state index is -0.0893. The molecule has 186 valence electrons. The van der Waals surface area contributed by atoms with Crippen molar-refractivity contribution in [3.05, 3.63) is 69.5 Å². The number of ether oxygens (including phenoxy) is 3. The number of aromatic amines is 1. The summed E-state index contributed by atoms with van der Waals surface area (Å²) < 4.78 is 16.6. The van der Waals surface area contributed by atoms with E-state index in [1.54, 1.807) is 14.2 Å². The smallest absolute Gasteiger partial charge is 0.253 e. The van der Waals surface area contributed by atoms with Crippen molar-refractivity contribution in [1.29, 1.82) is 0 Å². The Balaban J connectivity index is 1.46. The molecular formula is C27H33N3O4S. The Morgan fingerprint density at radius 2 is 2.00 bits per heavy atom. The van der Waals surface area contributed by atoms with Gasteiger partial charge in [0.25, 0.3) is 5.56 Å². The zero-order valence-electron chi connectivity index (χ0n) is 20.6. The van der Waals surface area contributed by atoms with E-state index in [0.29, 0.717) is 41.8 Å². The third-order valence-corrected chi connectivity index (χ3v) is 6.72. The van der Waals surface area contributed by atoms with Crippen LogP contribution in [0.4, 0.5) is 0 Å². The van der Waals surface area contributed by atoms with Gasteiger partial charge in [0.1, 0.15) is 0 Å². The zero-order valence-corrected chi connectivity index (χ0v) is 21.4. The number of thiocarbonyl (C=S) groups is 1. The van der Waals surface area contributed by atoms with Crippen molar-refractivity contribution in [1.82, 2.24) is 15.2 Å². The molecule has 0 spiro atoms. The monoisotopic (exact) mass is 495 g/mol. The highest BCUT2D eigenvalue weighted by Crippen LogP contribution is 2.27. The topological polar surface area (TPSA) is 75.8 Å². The maximum Gasteiger partial charge on any atom is 0.253 e. The summed E-state index contributed by atoms with van der Waals surface area (Å²) in [6.07, 6.45) is 2.93. The maximum absolute atomic E-state index is 12.9. The van der Waals surface area contributed by atoms with Gasteiger partial charge >= 0.3 is 0 Å². The molecule has 4 rings (SSSR count). The van der Waals surface area contributed by atoms with Gasteiger partial charge in [-0.15, -0.1) is 0 Å². The molecule has 2 N–H and O–H groups in total. The second-order valence-electron chi connectivity index (χ2n) is 8.90. The van der Waals surface area contributed by atoms with E-state index in [1.165, 1.54) is 0 Å². The molecular weight excluding hydrogens is 462 g/mol. The van der Waals surface area contributed by atoms with Crippen molar-refractivity contribution >= 4 is 28.2 Å². The highest BCUT2D eigenvalue weighted by atomic mass is 32.1. The number of rotatable bonds is 9. The predicted octanol–water partition coefficient (Wildman–Crippen LogP) is 3.95. The molecule has 2 aromatic carbocycles. The third kappa shape index (κ3) is 6.32. The average Bonchev–Trinajstić information content (AvgIpc) is 3.37. The van der Waals surface area contributed by atoms with Crippen LogP contribution < -0.4 is 20.3 Å². The van der Waals surface area contributed by atoms with Gasteiger partial charge in [-0.05, 0) is 79.2 Å². The van der Waals surface area contributed by atoms with Gasteiger partial charge in [-0.2, -0.15) is 0 Å². The third-order valence-electron chi connectivity index (χ3n) is 6.31. The fourth-order valence-corrected chi connectivity index (χ4v) is 4.64. The van der Waals surface area contributed by atoms with Gasteiger partial charge in [0.15, 0.2) is 16.6 Å². The van der Waals surface area contributed by atoms with Crippen LogP contribution in [0.1, 0.15) is 29.5 Å². The summed E-state index contributed by atoms with van der Waals surface area (Å²) in [5.41, 5.74) is 3.67. The Bertz CT molecular complexity index is 1240. The molecule has 2 heterocycles. The van der Waals surface area contributed by atoms with Crippen LogP contribution in [-0.4, -0.2) is 55.0 Å². The number of hydrogen-bond acceptors (Lipinski definition) is 5. The highest BCUT2D eigenvalue weighted by molar-refractivity contribution is 7.80. The summed E-state index contributed by atoms with van der Waals surface area (Å²) in [6.45, 7) is 4.51. The Hall–Kier alpha value is -3.10. The Morgan fingerprint density at radius 3 is 2.74 bits per heavy atom. The fourth-order valence-electron chi connectivity index (χ4n) is 4.40. The molecule has 1 fully saturated rings. The summed E-state index contributed by atoms with van der Waals surface area (Å²) in [5, 5.41) is 5.00. The summed E-state index contributed by atoms with van der Waals surface area (Å²) in [4.78, 5) is 17.9. The number of nitrogens with zero attached hydrogens (tertiary/aromatic N) is 1. The van der Waals surface area contributed by atoms with Gasteiger partial charge in [0.05, 0.1) is 26.9 Å². The second-order valence-corrected chi connectivity index (χ2v) is 9.29. The molecule has 0 radical (unpaired) electrons. The lowest BCUT2D eigenvalue weighted by atomic mass is 10.1. The fraction of sp³-hybridized carbons (Fsp3) is 0.407. The van der Waals surface area contributed by atoms with Crippen LogP contribution in [0.25, 0.3) is 10.9 Å². The summed E-state index contributed by atoms with van der Waals surface area (Å²) in [6, 6.07) is 13.9. The normalized spacial score (nSPS) is 15.2. The largest absolute Gasteiger partial charge is 0.493 e. The molecule has 1 aliphatic heterocycles. The van der Waals surface area contributed by atoms with Crippen molar-refractivity contribution in [3.8, 4) is 11.5 Å². The molecule has 1 saturated heterocycles. The van der Waals surface area contributed by atoms with Gasteiger partial charge in [-0.1, -0.05) is 18.2 Å². The first kappa shape index (κ1) is 25.0. The molecule has 0 unspecified atom stereocenters. The van der Waals surface area contributed by atoms with Crippen LogP contribution >= 0.6 is 12.2 Å². The molecule has 8 heteroatoms. The first-order valence-corrected chi connectivity index (χ1v) is 12.4. The van der Waals surface area contributed by atoms with E-state index in [2.05, 4.69) is 16.4 Å². The molecule has 0 amide bonds. The Labute approximate surface area is 211 Å². The SMILES string of the molecule is COc1ccc(CCNC(=S)N(Cc2cc3ccc(C)cc3[nH]c2=O)C[C@@H]2CCCO2)cc1OC. The van der Waals surface area contributed by atoms with Gasteiger partial charge in [-0.3, -0.25) is 4.79 Å². The van der Waals surface area contributed by atoms with Crippen LogP contribution in [0.15, 0.2) is 47.3 Å². The van der Waals surface area contributed by atoms with E-state index in [-0.39, 0.29) is 11.7 Å². The Kier molecular flexibility index (Phi) is 8.25. The van der Waals surface area contributed by atoms with E-state index < -0.39 is 0 Å². The minimum absolute atomic E-state index is 0.0893. The number of fused-ring (bicyclic) bond motifs is 1. The lowest BCUT2D eigenvalue weighted by Crippen LogP contribution is -2.44. The van der Waals surface area contributed by atoms with E-state index in [1.807, 2.05) is 48.2 Å². The molecule has 0 aliphatic carbocycles. The maximum atomic E-state index is 12.9. The van der Waals surface area contributed by atoms with Crippen LogP contribution in [-0.2, 0) is 17.7 Å². The second kappa shape index (κ2) is 11.6. The number of benzene rings is 2. The minimum Gasteiger partial charge on any atom is -0.493 e. The van der Waals surface area contributed by atoms with Crippen LogP contribution in [0.2, 0.25) is 0 Å². The molecule has 3 aromatic rings. The Morgan fingerprint density at radius 1 is 1.17 bits per heavy atom. The number of hydrogen-bond donors (Lipinski definition) is 2. The van der Waals surface area contributed by atoms with Crippen LogP contribution in [0.5, 0.6) is 11.5 Å². The summed E-state index contributed by atoms with van der Waals surface area (Å²) in [7, 11) is 3.26. The first-order chi connectivity index (χ1) is 17.0. The van der Waals surface area contributed by atoms with Crippen molar-refractivity contribution in [2.45, 2.75) is 38.8 Å². The van der Waals surface area contributed by atoms with Crippen molar-refractivity contribution in [2.75, 3.05) is 33.9 Å². The van der Waals surface area contributed by atoms with E-state index in [0.717, 1.165) is 47.9 Å². The molecule has 1 aromatic heterocycles. The lowest BCUT2D eigenvalue weighted by molar-refractivity contribution is 0.0897. The van der Waals surface area contributed by atoms with Crippen molar-refractivity contribution in [3.63, 3.8) is 0 Å². The highest BCUT2D eigenvalue weighted by Gasteiger charge is 2.22. The predicted molar refractivity (Wildman–Crippen MR) is 143 cm³/mol. The van der Waals surface area contributed by atoms with E-state index in [4.69, 9.17) is 26.4 Å². The standard InChI is InChI=1S/C27H33N3O4S/c1-18-6-8-20-15-21(26(31)29-23(20)13-18)16-30(17-22-5-4-12-34-22)27(35)28-11-10-19-7-9-24(32-2)25(14-19)33-3/h6-9,13-15,22H,4-5,10-12,16-17H2,1-3H3,(H,28,35)(H,29,31)/t22-/m0/s1. The molecule has 0 bridgehead atoms. The van der Waals surface area contributed by atoms with Gasteiger partial charge in [0.2, 0.25) is 0 Å². The van der Waals surface area contributed by atoms with Crippen LogP contribution in [0, 0.1) is 6.92 Å². The van der Waals surface area contributed by atoms with Gasteiger partial charge < -0.3 is 29.4 Å². The average molecular weight is 496 g/mol. The lowest BCUT2D eigenvalue weighted by Gasteiger charge is -2.28. The van der Waals surface area contributed by atoms with Crippen molar-refractivity contribution in [2.24, 2.45) is 0 Å². The number of H-pyrrole nitrogens is 1. The molecule has 35 heavy (non-hydrogen) atoms. The number of aromatic nitrogens is 1. The first-order valence-electron chi connectivity index (χ1n) is 11.9. The number of nitrogens with one attached hydrogen (secondary N) is 2. The number of methoxy groups -OCH3 is 2. The molecule has 1 aliphatic rings. The molecule has 7 nitrogen and oxygen atoms in total. The number of pyridine rings is 1. The molecule has 1 atom stereocenters. The summed E-state index contributed by atoms with van der Waals surface area (Å²) >= 11 is 5.77. The van der Waals surface area contributed by atoms with E-state index >= 15 is 0 Å². The number of aryl methyl sites for hydroxylation is 1. The van der Waals surface area contributed by atoms with E-state index in [9.17, 15) is 4.79 Å². The van der Waals surface area contributed by atoms with Gasteiger partial charge in [0, 0.05) is 30.8 Å².